The molecule has 6 nitrogen and oxygen atoms in total. The standard InChI is InChI=1S/C26H48O6/c1-24(2,3)19-15-11-8-7-10-14-18-22(27)29-30-23(28)26(31-32-26)21-17-13-9-12-16-20-25(4,5)6/h7-21H2,1-6H3. The molecule has 0 N–H and O–H groups in total. The summed E-state index contributed by atoms with van der Waals surface area (Å²) in [5, 5.41) is 0. The van der Waals surface area contributed by atoms with Crippen molar-refractivity contribution >= 4 is 11.9 Å². The number of unbranched alkanes of at least 4 members (excludes halogenated alkanes) is 9. The Hall–Kier alpha value is -1.14. The van der Waals surface area contributed by atoms with Gasteiger partial charge in [-0.2, -0.15) is 9.78 Å². The van der Waals surface area contributed by atoms with Gasteiger partial charge in [0.15, 0.2) is 0 Å². The van der Waals surface area contributed by atoms with Crippen LogP contribution in [0.25, 0.3) is 0 Å². The van der Waals surface area contributed by atoms with Crippen molar-refractivity contribution in [1.82, 2.24) is 0 Å². The van der Waals surface area contributed by atoms with Crippen LogP contribution in [0.2, 0.25) is 0 Å². The molecule has 0 bridgehead atoms. The first kappa shape index (κ1) is 28.9. The fourth-order valence-electron chi connectivity index (χ4n) is 3.67. The van der Waals surface area contributed by atoms with Crippen LogP contribution in [0.4, 0.5) is 0 Å². The molecule has 188 valence electrons. The molecule has 32 heavy (non-hydrogen) atoms. The first-order valence-electron chi connectivity index (χ1n) is 12.7. The Labute approximate surface area is 195 Å². The van der Waals surface area contributed by atoms with Crippen molar-refractivity contribution in [2.45, 2.75) is 144 Å². The van der Waals surface area contributed by atoms with Crippen LogP contribution in [-0.4, -0.2) is 17.7 Å². The minimum absolute atomic E-state index is 0.249. The maximum absolute atomic E-state index is 12.1. The normalized spacial score (nSPS) is 15.4. The van der Waals surface area contributed by atoms with Crippen LogP contribution in [0.1, 0.15) is 138 Å². The number of carbonyl (C=O) groups excluding carboxylic acids is 2. The zero-order valence-corrected chi connectivity index (χ0v) is 21.6. The predicted molar refractivity (Wildman–Crippen MR) is 125 cm³/mol. The van der Waals surface area contributed by atoms with Crippen molar-refractivity contribution in [2.75, 3.05) is 0 Å². The highest BCUT2D eigenvalue weighted by Gasteiger charge is 2.59. The monoisotopic (exact) mass is 456 g/mol. The molecule has 1 aliphatic heterocycles. The molecule has 0 atom stereocenters. The first-order chi connectivity index (χ1) is 14.9. The molecule has 0 saturated carbocycles. The molecule has 0 aromatic rings. The van der Waals surface area contributed by atoms with Gasteiger partial charge in [-0.1, -0.05) is 99.3 Å². The lowest BCUT2D eigenvalue weighted by Gasteiger charge is -2.17. The van der Waals surface area contributed by atoms with Gasteiger partial charge in [0.1, 0.15) is 0 Å². The highest BCUT2D eigenvalue weighted by Crippen LogP contribution is 2.36. The van der Waals surface area contributed by atoms with Gasteiger partial charge in [-0.25, -0.2) is 19.4 Å². The molecular formula is C26H48O6. The molecular weight excluding hydrogens is 408 g/mol. The minimum atomic E-state index is -1.38. The fraction of sp³-hybridized carbons (Fsp3) is 0.923. The molecule has 6 heteroatoms. The Kier molecular flexibility index (Phi) is 12.8. The lowest BCUT2D eigenvalue weighted by Crippen LogP contribution is -2.27. The molecule has 1 fully saturated rings. The summed E-state index contributed by atoms with van der Waals surface area (Å²) in [4.78, 5) is 42.9. The minimum Gasteiger partial charge on any atom is -0.247 e. The second kappa shape index (κ2) is 14.2. The Bertz CT molecular complexity index is 540. The average molecular weight is 457 g/mol. The highest BCUT2D eigenvalue weighted by atomic mass is 17.4. The van der Waals surface area contributed by atoms with Crippen LogP contribution < -0.4 is 0 Å². The third-order valence-corrected chi connectivity index (χ3v) is 5.80. The van der Waals surface area contributed by atoms with Gasteiger partial charge in [0, 0.05) is 6.42 Å². The van der Waals surface area contributed by atoms with Gasteiger partial charge >= 0.3 is 17.7 Å². The third-order valence-electron chi connectivity index (χ3n) is 5.80. The van der Waals surface area contributed by atoms with Gasteiger partial charge in [0.05, 0.1) is 6.42 Å². The number of hydrogen-bond acceptors (Lipinski definition) is 6. The van der Waals surface area contributed by atoms with Crippen molar-refractivity contribution in [2.24, 2.45) is 10.8 Å². The summed E-state index contributed by atoms with van der Waals surface area (Å²) in [7, 11) is 0. The first-order valence-corrected chi connectivity index (χ1v) is 12.7. The maximum atomic E-state index is 12.1. The Morgan fingerprint density at radius 3 is 1.53 bits per heavy atom. The summed E-state index contributed by atoms with van der Waals surface area (Å²) in [5.74, 6) is -2.68. The van der Waals surface area contributed by atoms with Crippen molar-refractivity contribution < 1.29 is 29.1 Å². The van der Waals surface area contributed by atoms with Gasteiger partial charge in [-0.05, 0) is 36.5 Å². The summed E-state index contributed by atoms with van der Waals surface area (Å²) in [6.07, 6.45) is 15.0. The Balaban J connectivity index is 2.01. The number of rotatable bonds is 16. The van der Waals surface area contributed by atoms with Gasteiger partial charge in [-0.15, -0.1) is 0 Å². The average Bonchev–Trinajstić information content (AvgIpc) is 3.46. The largest absolute Gasteiger partial charge is 0.420 e. The van der Waals surface area contributed by atoms with Gasteiger partial charge in [0.2, 0.25) is 0 Å². The summed E-state index contributed by atoms with van der Waals surface area (Å²) >= 11 is 0. The van der Waals surface area contributed by atoms with Crippen LogP contribution in [0.3, 0.4) is 0 Å². The molecule has 0 amide bonds. The lowest BCUT2D eigenvalue weighted by molar-refractivity contribution is -0.264. The Morgan fingerprint density at radius 2 is 1.06 bits per heavy atom. The van der Waals surface area contributed by atoms with E-state index in [-0.39, 0.29) is 6.42 Å². The van der Waals surface area contributed by atoms with E-state index < -0.39 is 17.7 Å². The Morgan fingerprint density at radius 1 is 0.625 bits per heavy atom. The molecule has 0 aliphatic carbocycles. The van der Waals surface area contributed by atoms with Gasteiger partial charge < -0.3 is 0 Å². The second-order valence-electron chi connectivity index (χ2n) is 11.8. The SMILES string of the molecule is CC(C)(C)CCCCCCCCC(=O)OOC(=O)C1(CCCCCCCC(C)(C)C)OO1. The fourth-order valence-corrected chi connectivity index (χ4v) is 3.67. The molecule has 0 radical (unpaired) electrons. The van der Waals surface area contributed by atoms with Crippen LogP contribution in [0.5, 0.6) is 0 Å². The van der Waals surface area contributed by atoms with E-state index in [0.29, 0.717) is 17.3 Å². The van der Waals surface area contributed by atoms with E-state index >= 15 is 0 Å². The quantitative estimate of drug-likeness (QED) is 0.103. The lowest BCUT2D eigenvalue weighted by atomic mass is 9.89. The zero-order valence-electron chi connectivity index (χ0n) is 21.6. The number of hydrogen-bond donors (Lipinski definition) is 0. The molecule has 1 heterocycles. The maximum Gasteiger partial charge on any atom is 0.420 e. The van der Waals surface area contributed by atoms with Crippen LogP contribution in [-0.2, 0) is 29.1 Å². The topological polar surface area (TPSA) is 77.7 Å². The van der Waals surface area contributed by atoms with Gasteiger partial charge in [0.25, 0.3) is 0 Å². The van der Waals surface area contributed by atoms with E-state index in [1.165, 1.54) is 44.9 Å². The van der Waals surface area contributed by atoms with E-state index in [4.69, 9.17) is 9.78 Å². The summed E-state index contributed by atoms with van der Waals surface area (Å²) in [6, 6.07) is 0. The van der Waals surface area contributed by atoms with Crippen molar-refractivity contribution in [3.05, 3.63) is 0 Å². The third kappa shape index (κ3) is 14.8. The molecule has 0 spiro atoms. The molecule has 1 saturated heterocycles. The summed E-state index contributed by atoms with van der Waals surface area (Å²) < 4.78 is 0. The predicted octanol–water partition coefficient (Wildman–Crippen LogP) is 7.59. The van der Waals surface area contributed by atoms with Crippen molar-refractivity contribution in [1.29, 1.82) is 0 Å². The summed E-state index contributed by atoms with van der Waals surface area (Å²) in [5.41, 5.74) is 0.787. The van der Waals surface area contributed by atoms with Crippen molar-refractivity contribution in [3.63, 3.8) is 0 Å². The van der Waals surface area contributed by atoms with E-state index in [0.717, 1.165) is 38.5 Å². The second-order valence-corrected chi connectivity index (χ2v) is 11.8. The van der Waals surface area contributed by atoms with Crippen LogP contribution >= 0.6 is 0 Å². The summed E-state index contributed by atoms with van der Waals surface area (Å²) in [6.45, 7) is 13.6. The smallest absolute Gasteiger partial charge is 0.247 e. The zero-order chi connectivity index (χ0) is 24.1. The molecule has 1 aliphatic rings. The van der Waals surface area contributed by atoms with Crippen LogP contribution in [0.15, 0.2) is 0 Å². The highest BCUT2D eigenvalue weighted by molar-refractivity contribution is 5.79. The molecule has 0 aromatic heterocycles. The van der Waals surface area contributed by atoms with Crippen LogP contribution in [0, 0.1) is 10.8 Å². The molecule has 0 unspecified atom stereocenters. The van der Waals surface area contributed by atoms with E-state index in [9.17, 15) is 9.59 Å². The van der Waals surface area contributed by atoms with E-state index in [2.05, 4.69) is 51.3 Å². The van der Waals surface area contributed by atoms with E-state index in [1.807, 2.05) is 0 Å². The molecule has 0 aromatic carbocycles. The number of carbonyl (C=O) groups is 2. The van der Waals surface area contributed by atoms with Gasteiger partial charge in [-0.3, -0.25) is 0 Å². The molecule has 1 rings (SSSR count). The van der Waals surface area contributed by atoms with Crippen molar-refractivity contribution in [3.8, 4) is 0 Å². The van der Waals surface area contributed by atoms with E-state index in [1.54, 1.807) is 0 Å².